The molecule has 0 unspecified atom stereocenters. The molecule has 160 valence electrons. The molecule has 0 radical (unpaired) electrons. The number of benzene rings is 1. The van der Waals surface area contributed by atoms with Crippen molar-refractivity contribution in [2.24, 2.45) is 0 Å². The fraction of sp³-hybridized carbons (Fsp3) is 0.500. The van der Waals surface area contributed by atoms with Crippen LogP contribution >= 0.6 is 0 Å². The predicted octanol–water partition coefficient (Wildman–Crippen LogP) is 3.09. The first-order valence-electron chi connectivity index (χ1n) is 9.33. The standard InChI is InChI=1S/C20H28N2O7/c1-20(2,3)29-19(27)22-15(13-16(23)24)11-7-8-12-21-18(26)28-17(25)14-9-5-4-6-10-14/h4-6,9-10,15H,7-8,11-13H2,1-3H3,(H,21,26)(H,22,27)(H,23,24)/t15-/m0/s1. The summed E-state index contributed by atoms with van der Waals surface area (Å²) in [5.41, 5.74) is -0.411. The van der Waals surface area contributed by atoms with E-state index in [2.05, 4.69) is 15.4 Å². The number of ether oxygens (including phenoxy) is 2. The molecule has 1 aromatic rings. The molecule has 2 amide bonds. The molecule has 0 heterocycles. The van der Waals surface area contributed by atoms with Crippen LogP contribution in [0.2, 0.25) is 0 Å². The quantitative estimate of drug-likeness (QED) is 0.325. The molecule has 0 bridgehead atoms. The molecule has 0 spiro atoms. The van der Waals surface area contributed by atoms with E-state index in [1.165, 1.54) is 12.1 Å². The number of alkyl carbamates (subject to hydrolysis) is 2. The van der Waals surface area contributed by atoms with Crippen molar-refractivity contribution in [3.63, 3.8) is 0 Å². The van der Waals surface area contributed by atoms with Crippen LogP contribution in [0, 0.1) is 0 Å². The first kappa shape index (κ1) is 23.9. The lowest BCUT2D eigenvalue weighted by Gasteiger charge is -2.23. The van der Waals surface area contributed by atoms with Crippen molar-refractivity contribution < 1.29 is 33.8 Å². The fourth-order valence-corrected chi connectivity index (χ4v) is 2.37. The third kappa shape index (κ3) is 11.4. The Morgan fingerprint density at radius 1 is 1.03 bits per heavy atom. The Labute approximate surface area is 169 Å². The molecule has 1 atom stereocenters. The summed E-state index contributed by atoms with van der Waals surface area (Å²) in [4.78, 5) is 46.2. The summed E-state index contributed by atoms with van der Waals surface area (Å²) in [5, 5.41) is 14.0. The lowest BCUT2D eigenvalue weighted by atomic mass is 10.1. The van der Waals surface area contributed by atoms with Gasteiger partial charge in [-0.3, -0.25) is 4.79 Å². The van der Waals surface area contributed by atoms with Crippen molar-refractivity contribution in [3.05, 3.63) is 35.9 Å². The van der Waals surface area contributed by atoms with Crippen molar-refractivity contribution in [2.75, 3.05) is 6.54 Å². The molecule has 0 saturated heterocycles. The second-order valence-electron chi connectivity index (χ2n) is 7.41. The summed E-state index contributed by atoms with van der Waals surface area (Å²) >= 11 is 0. The van der Waals surface area contributed by atoms with E-state index in [0.29, 0.717) is 19.3 Å². The number of unbranched alkanes of at least 4 members (excludes halogenated alkanes) is 1. The summed E-state index contributed by atoms with van der Waals surface area (Å²) in [6, 6.07) is 7.55. The number of hydrogen-bond donors (Lipinski definition) is 3. The summed E-state index contributed by atoms with van der Waals surface area (Å²) in [5.74, 6) is -1.78. The first-order valence-corrected chi connectivity index (χ1v) is 9.33. The highest BCUT2D eigenvalue weighted by atomic mass is 16.6. The van der Waals surface area contributed by atoms with Crippen molar-refractivity contribution in [3.8, 4) is 0 Å². The SMILES string of the molecule is CC(C)(C)OC(=O)N[C@@H](CCCCNC(=O)OC(=O)c1ccccc1)CC(=O)O. The molecule has 0 aliphatic heterocycles. The molecule has 3 N–H and O–H groups in total. The van der Waals surface area contributed by atoms with Crippen LogP contribution in [-0.4, -0.2) is 47.4 Å². The lowest BCUT2D eigenvalue weighted by molar-refractivity contribution is -0.137. The summed E-state index contributed by atoms with van der Waals surface area (Å²) < 4.78 is 9.81. The second kappa shape index (κ2) is 11.7. The van der Waals surface area contributed by atoms with Crippen LogP contribution in [-0.2, 0) is 14.3 Å². The van der Waals surface area contributed by atoms with Crippen LogP contribution in [0.15, 0.2) is 30.3 Å². The lowest BCUT2D eigenvalue weighted by Crippen LogP contribution is -2.40. The third-order valence-corrected chi connectivity index (χ3v) is 3.59. The Balaban J connectivity index is 2.31. The molecule has 0 aliphatic carbocycles. The average Bonchev–Trinajstić information content (AvgIpc) is 2.59. The highest BCUT2D eigenvalue weighted by Crippen LogP contribution is 2.10. The van der Waals surface area contributed by atoms with Gasteiger partial charge in [-0.25, -0.2) is 14.4 Å². The van der Waals surface area contributed by atoms with E-state index >= 15 is 0 Å². The maximum Gasteiger partial charge on any atom is 0.415 e. The Kier molecular flexibility index (Phi) is 9.64. The van der Waals surface area contributed by atoms with E-state index in [1.54, 1.807) is 39.0 Å². The number of rotatable bonds is 9. The Morgan fingerprint density at radius 2 is 1.69 bits per heavy atom. The molecule has 0 fully saturated rings. The van der Waals surface area contributed by atoms with Crippen LogP contribution in [0.1, 0.15) is 56.8 Å². The molecule has 9 heteroatoms. The van der Waals surface area contributed by atoms with Crippen LogP contribution in [0.5, 0.6) is 0 Å². The van der Waals surface area contributed by atoms with Crippen LogP contribution < -0.4 is 10.6 Å². The zero-order chi connectivity index (χ0) is 21.9. The molecule has 0 aliphatic rings. The van der Waals surface area contributed by atoms with Gasteiger partial charge in [0.1, 0.15) is 5.60 Å². The summed E-state index contributed by atoms with van der Waals surface area (Å²) in [6.07, 6.45) is -0.315. The topological polar surface area (TPSA) is 131 Å². The largest absolute Gasteiger partial charge is 0.481 e. The molecular weight excluding hydrogens is 380 g/mol. The highest BCUT2D eigenvalue weighted by Gasteiger charge is 2.21. The monoisotopic (exact) mass is 408 g/mol. The number of carbonyl (C=O) groups is 4. The van der Waals surface area contributed by atoms with Crippen LogP contribution in [0.4, 0.5) is 9.59 Å². The highest BCUT2D eigenvalue weighted by molar-refractivity contribution is 5.96. The van der Waals surface area contributed by atoms with E-state index in [1.807, 2.05) is 0 Å². The number of aliphatic carboxylic acids is 1. The Hall–Kier alpha value is -3.10. The maximum atomic E-state index is 11.8. The number of esters is 1. The predicted molar refractivity (Wildman–Crippen MR) is 105 cm³/mol. The normalized spacial score (nSPS) is 11.8. The van der Waals surface area contributed by atoms with Gasteiger partial charge < -0.3 is 25.2 Å². The summed E-state index contributed by atoms with van der Waals surface area (Å²) in [6.45, 7) is 5.39. The number of carbonyl (C=O) groups excluding carboxylic acids is 3. The minimum atomic E-state index is -1.04. The van der Waals surface area contributed by atoms with Gasteiger partial charge in [0.15, 0.2) is 0 Å². The molecule has 1 rings (SSSR count). The Bertz CT molecular complexity index is 699. The zero-order valence-electron chi connectivity index (χ0n) is 16.9. The average molecular weight is 408 g/mol. The molecule has 0 aromatic heterocycles. The van der Waals surface area contributed by atoms with E-state index in [4.69, 9.17) is 9.84 Å². The maximum absolute atomic E-state index is 11.8. The molecule has 0 saturated carbocycles. The minimum Gasteiger partial charge on any atom is -0.481 e. The van der Waals surface area contributed by atoms with Gasteiger partial charge in [-0.2, -0.15) is 0 Å². The molecule has 1 aromatic carbocycles. The molecular formula is C20H28N2O7. The number of nitrogens with one attached hydrogen (secondary N) is 2. The first-order chi connectivity index (χ1) is 13.6. The minimum absolute atomic E-state index is 0.236. The van der Waals surface area contributed by atoms with Crippen molar-refractivity contribution in [1.29, 1.82) is 0 Å². The van der Waals surface area contributed by atoms with E-state index in [-0.39, 0.29) is 18.5 Å². The van der Waals surface area contributed by atoms with Gasteiger partial charge in [0, 0.05) is 12.6 Å². The van der Waals surface area contributed by atoms with Crippen LogP contribution in [0.3, 0.4) is 0 Å². The van der Waals surface area contributed by atoms with Gasteiger partial charge in [0.25, 0.3) is 0 Å². The number of carboxylic acids is 1. The van der Waals surface area contributed by atoms with Crippen molar-refractivity contribution >= 4 is 24.1 Å². The molecule has 9 nitrogen and oxygen atoms in total. The van der Waals surface area contributed by atoms with Crippen LogP contribution in [0.25, 0.3) is 0 Å². The van der Waals surface area contributed by atoms with Crippen molar-refractivity contribution in [2.45, 2.75) is 58.1 Å². The Morgan fingerprint density at radius 3 is 2.28 bits per heavy atom. The van der Waals surface area contributed by atoms with Gasteiger partial charge in [-0.1, -0.05) is 18.2 Å². The second-order valence-corrected chi connectivity index (χ2v) is 7.41. The fourth-order valence-electron chi connectivity index (χ4n) is 2.37. The van der Waals surface area contributed by atoms with Gasteiger partial charge in [0.05, 0.1) is 12.0 Å². The van der Waals surface area contributed by atoms with Gasteiger partial charge in [-0.05, 0) is 52.2 Å². The van der Waals surface area contributed by atoms with E-state index in [0.717, 1.165) is 0 Å². The number of carboxylic acid groups (broad SMARTS) is 1. The smallest absolute Gasteiger partial charge is 0.415 e. The van der Waals surface area contributed by atoms with Gasteiger partial charge in [-0.15, -0.1) is 0 Å². The van der Waals surface area contributed by atoms with E-state index in [9.17, 15) is 19.2 Å². The zero-order valence-corrected chi connectivity index (χ0v) is 16.9. The summed E-state index contributed by atoms with van der Waals surface area (Å²) in [7, 11) is 0. The van der Waals surface area contributed by atoms with E-state index < -0.39 is 35.8 Å². The van der Waals surface area contributed by atoms with Gasteiger partial charge in [0.2, 0.25) is 0 Å². The third-order valence-electron chi connectivity index (χ3n) is 3.59. The van der Waals surface area contributed by atoms with Crippen molar-refractivity contribution in [1.82, 2.24) is 10.6 Å². The van der Waals surface area contributed by atoms with Gasteiger partial charge >= 0.3 is 24.1 Å². The number of hydrogen-bond acceptors (Lipinski definition) is 6. The number of amides is 2. The molecule has 29 heavy (non-hydrogen) atoms.